The molecule has 3 rings (SSSR count). The van der Waals surface area contributed by atoms with E-state index in [1.54, 1.807) is 0 Å². The first-order chi connectivity index (χ1) is 9.32. The summed E-state index contributed by atoms with van der Waals surface area (Å²) in [6.07, 6.45) is -0.712. The maximum Gasteiger partial charge on any atom is 0.417 e. The Morgan fingerprint density at radius 3 is 2.70 bits per heavy atom. The molecule has 0 radical (unpaired) electrons. The standard InChI is InChI=1S/C13H15F3N4/c1-12(6-2-3-9(12)17)11-19-18-10-5-4-8(7-20(10)11)13(14,15)16/h4-5,7,9H,2-3,6,17H2,1H3. The highest BCUT2D eigenvalue weighted by atomic mass is 19.4. The SMILES string of the molecule is CC1(c2nnc3ccc(C(F)(F)F)cn23)CCCC1N. The van der Waals surface area contributed by atoms with E-state index in [9.17, 15) is 13.2 Å². The minimum Gasteiger partial charge on any atom is -0.327 e. The summed E-state index contributed by atoms with van der Waals surface area (Å²) in [6, 6.07) is 2.25. The lowest BCUT2D eigenvalue weighted by Crippen LogP contribution is -2.39. The second kappa shape index (κ2) is 4.18. The van der Waals surface area contributed by atoms with Gasteiger partial charge >= 0.3 is 6.18 Å². The summed E-state index contributed by atoms with van der Waals surface area (Å²) in [7, 11) is 0. The summed E-state index contributed by atoms with van der Waals surface area (Å²) < 4.78 is 39.9. The van der Waals surface area contributed by atoms with Crippen LogP contribution >= 0.6 is 0 Å². The maximum absolute atomic E-state index is 12.8. The van der Waals surface area contributed by atoms with Crippen molar-refractivity contribution in [2.75, 3.05) is 0 Å². The summed E-state index contributed by atoms with van der Waals surface area (Å²) >= 11 is 0. The number of alkyl halides is 3. The van der Waals surface area contributed by atoms with Crippen LogP contribution < -0.4 is 5.73 Å². The van der Waals surface area contributed by atoms with E-state index in [4.69, 9.17) is 5.73 Å². The van der Waals surface area contributed by atoms with Gasteiger partial charge in [0.2, 0.25) is 0 Å². The van der Waals surface area contributed by atoms with E-state index in [0.717, 1.165) is 31.5 Å². The molecular weight excluding hydrogens is 269 g/mol. The molecule has 1 aliphatic rings. The van der Waals surface area contributed by atoms with Crippen LogP contribution in [0.4, 0.5) is 13.2 Å². The van der Waals surface area contributed by atoms with Crippen molar-refractivity contribution < 1.29 is 13.2 Å². The molecule has 0 aromatic carbocycles. The fourth-order valence-electron chi connectivity index (χ4n) is 2.92. The average Bonchev–Trinajstić information content (AvgIpc) is 2.93. The van der Waals surface area contributed by atoms with Crippen LogP contribution in [-0.4, -0.2) is 20.6 Å². The van der Waals surface area contributed by atoms with Gasteiger partial charge in [-0.1, -0.05) is 13.3 Å². The highest BCUT2D eigenvalue weighted by Crippen LogP contribution is 2.39. The third kappa shape index (κ3) is 1.88. The molecule has 20 heavy (non-hydrogen) atoms. The van der Waals surface area contributed by atoms with Crippen LogP contribution in [0.2, 0.25) is 0 Å². The second-order valence-electron chi connectivity index (χ2n) is 5.58. The van der Waals surface area contributed by atoms with E-state index < -0.39 is 17.2 Å². The van der Waals surface area contributed by atoms with Crippen LogP contribution in [0.25, 0.3) is 5.65 Å². The van der Waals surface area contributed by atoms with Gasteiger partial charge in [0, 0.05) is 17.7 Å². The maximum atomic E-state index is 12.8. The Bertz CT molecular complexity index is 649. The molecule has 1 saturated carbocycles. The Hall–Kier alpha value is -1.63. The molecule has 2 heterocycles. The Morgan fingerprint density at radius 1 is 1.35 bits per heavy atom. The Morgan fingerprint density at radius 2 is 2.10 bits per heavy atom. The Balaban J connectivity index is 2.17. The molecule has 2 aromatic rings. The zero-order valence-electron chi connectivity index (χ0n) is 11.0. The van der Waals surface area contributed by atoms with Crippen molar-refractivity contribution in [1.82, 2.24) is 14.6 Å². The van der Waals surface area contributed by atoms with Crippen LogP contribution in [0.5, 0.6) is 0 Å². The molecule has 2 unspecified atom stereocenters. The topological polar surface area (TPSA) is 56.2 Å². The summed E-state index contributed by atoms with van der Waals surface area (Å²) in [5, 5.41) is 8.04. The van der Waals surface area contributed by atoms with Crippen molar-refractivity contribution in [3.05, 3.63) is 29.7 Å². The van der Waals surface area contributed by atoms with Crippen LogP contribution in [0.1, 0.15) is 37.6 Å². The van der Waals surface area contributed by atoms with Crippen molar-refractivity contribution in [3.8, 4) is 0 Å². The van der Waals surface area contributed by atoms with E-state index in [0.29, 0.717) is 11.5 Å². The van der Waals surface area contributed by atoms with E-state index in [1.807, 2.05) is 6.92 Å². The van der Waals surface area contributed by atoms with Gasteiger partial charge in [-0.3, -0.25) is 4.40 Å². The molecule has 4 nitrogen and oxygen atoms in total. The van der Waals surface area contributed by atoms with E-state index in [-0.39, 0.29) is 6.04 Å². The van der Waals surface area contributed by atoms with Gasteiger partial charge in [0.05, 0.1) is 5.56 Å². The van der Waals surface area contributed by atoms with Crippen LogP contribution in [0.15, 0.2) is 18.3 Å². The molecule has 2 N–H and O–H groups in total. The van der Waals surface area contributed by atoms with E-state index in [2.05, 4.69) is 10.2 Å². The average molecular weight is 284 g/mol. The summed E-state index contributed by atoms with van der Waals surface area (Å²) in [5.74, 6) is 0.517. The fraction of sp³-hybridized carbons (Fsp3) is 0.538. The Kier molecular flexibility index (Phi) is 2.79. The number of pyridine rings is 1. The number of hydrogen-bond acceptors (Lipinski definition) is 3. The quantitative estimate of drug-likeness (QED) is 0.875. The van der Waals surface area contributed by atoms with Crippen LogP contribution in [-0.2, 0) is 11.6 Å². The zero-order valence-corrected chi connectivity index (χ0v) is 11.0. The molecule has 1 aliphatic carbocycles. The molecule has 0 bridgehead atoms. The molecule has 1 fully saturated rings. The molecule has 108 valence electrons. The predicted molar refractivity (Wildman–Crippen MR) is 67.2 cm³/mol. The number of nitrogens with two attached hydrogens (primary N) is 1. The molecule has 2 atom stereocenters. The third-order valence-electron chi connectivity index (χ3n) is 4.27. The van der Waals surface area contributed by atoms with Gasteiger partial charge < -0.3 is 5.73 Å². The second-order valence-corrected chi connectivity index (χ2v) is 5.58. The number of hydrogen-bond donors (Lipinski definition) is 1. The number of nitrogens with zero attached hydrogens (tertiary/aromatic N) is 3. The first-order valence-electron chi connectivity index (χ1n) is 6.50. The highest BCUT2D eigenvalue weighted by Gasteiger charge is 2.42. The fourth-order valence-corrected chi connectivity index (χ4v) is 2.92. The van der Waals surface area contributed by atoms with Crippen molar-refractivity contribution >= 4 is 5.65 Å². The lowest BCUT2D eigenvalue weighted by atomic mass is 9.84. The smallest absolute Gasteiger partial charge is 0.327 e. The monoisotopic (exact) mass is 284 g/mol. The number of fused-ring (bicyclic) bond motifs is 1. The number of halogens is 3. The molecule has 0 aliphatic heterocycles. The van der Waals surface area contributed by atoms with Gasteiger partial charge in [-0.05, 0) is 25.0 Å². The van der Waals surface area contributed by atoms with Crippen molar-refractivity contribution in [2.45, 2.75) is 43.8 Å². The molecular formula is C13H15F3N4. The normalized spacial score (nSPS) is 27.4. The van der Waals surface area contributed by atoms with Gasteiger partial charge in [-0.2, -0.15) is 13.2 Å². The first kappa shape index (κ1) is 13.4. The lowest BCUT2D eigenvalue weighted by molar-refractivity contribution is -0.137. The molecule has 7 heteroatoms. The molecule has 0 saturated heterocycles. The van der Waals surface area contributed by atoms with Gasteiger partial charge in [-0.15, -0.1) is 10.2 Å². The first-order valence-corrected chi connectivity index (χ1v) is 6.50. The van der Waals surface area contributed by atoms with Gasteiger partial charge in [-0.25, -0.2) is 0 Å². The lowest BCUT2D eigenvalue weighted by Gasteiger charge is -2.27. The Labute approximate surface area is 113 Å². The minimum absolute atomic E-state index is 0.107. The highest BCUT2D eigenvalue weighted by molar-refractivity contribution is 5.41. The molecule has 2 aromatic heterocycles. The predicted octanol–water partition coefficient (Wildman–Crippen LogP) is 2.52. The third-order valence-corrected chi connectivity index (χ3v) is 4.27. The van der Waals surface area contributed by atoms with Crippen molar-refractivity contribution in [1.29, 1.82) is 0 Å². The summed E-state index contributed by atoms with van der Waals surface area (Å²) in [6.45, 7) is 1.95. The van der Waals surface area contributed by atoms with Gasteiger partial charge in [0.1, 0.15) is 5.82 Å². The van der Waals surface area contributed by atoms with Gasteiger partial charge in [0.15, 0.2) is 5.65 Å². The van der Waals surface area contributed by atoms with Crippen LogP contribution in [0, 0.1) is 0 Å². The van der Waals surface area contributed by atoms with Crippen molar-refractivity contribution in [2.24, 2.45) is 5.73 Å². The minimum atomic E-state index is -4.38. The van der Waals surface area contributed by atoms with Crippen LogP contribution in [0.3, 0.4) is 0 Å². The summed E-state index contributed by atoms with van der Waals surface area (Å²) in [5.41, 5.74) is 5.39. The van der Waals surface area contributed by atoms with Crippen molar-refractivity contribution in [3.63, 3.8) is 0 Å². The molecule has 0 amide bonds. The molecule has 0 spiro atoms. The number of rotatable bonds is 1. The zero-order chi connectivity index (χ0) is 14.5. The van der Waals surface area contributed by atoms with E-state index >= 15 is 0 Å². The number of aromatic nitrogens is 3. The largest absolute Gasteiger partial charge is 0.417 e. The summed E-state index contributed by atoms with van der Waals surface area (Å²) in [4.78, 5) is 0. The van der Waals surface area contributed by atoms with Gasteiger partial charge in [0.25, 0.3) is 0 Å². The van der Waals surface area contributed by atoms with E-state index in [1.165, 1.54) is 10.5 Å².